The van der Waals surface area contributed by atoms with Crippen LogP contribution in [0.3, 0.4) is 0 Å². The fourth-order valence-electron chi connectivity index (χ4n) is 4.54. The van der Waals surface area contributed by atoms with Crippen molar-refractivity contribution in [1.82, 2.24) is 15.0 Å². The Labute approximate surface area is 194 Å². The van der Waals surface area contributed by atoms with Gasteiger partial charge in [0.05, 0.1) is 7.11 Å². The molecule has 0 aliphatic carbocycles. The molecule has 2 N–H and O–H groups in total. The number of piperazine rings is 2. The van der Waals surface area contributed by atoms with Gasteiger partial charge in [0.25, 0.3) is 0 Å². The van der Waals surface area contributed by atoms with Gasteiger partial charge in [-0.25, -0.2) is 15.0 Å². The summed E-state index contributed by atoms with van der Waals surface area (Å²) in [5, 5.41) is 0. The molecule has 33 heavy (non-hydrogen) atoms. The maximum absolute atomic E-state index is 6.61. The van der Waals surface area contributed by atoms with Gasteiger partial charge in [-0.05, 0) is 36.4 Å². The van der Waals surface area contributed by atoms with E-state index in [-0.39, 0.29) is 0 Å². The first kappa shape index (κ1) is 21.1. The van der Waals surface area contributed by atoms with Gasteiger partial charge in [-0.15, -0.1) is 0 Å². The lowest BCUT2D eigenvalue weighted by Gasteiger charge is -2.39. The van der Waals surface area contributed by atoms with Crippen LogP contribution in [0.5, 0.6) is 5.75 Å². The highest BCUT2D eigenvalue weighted by atomic mass is 16.5. The van der Waals surface area contributed by atoms with Crippen LogP contribution < -0.4 is 30.1 Å². The molecule has 9 heteroatoms. The third-order valence-electron chi connectivity index (χ3n) is 6.41. The van der Waals surface area contributed by atoms with Gasteiger partial charge in [-0.2, -0.15) is 0 Å². The predicted molar refractivity (Wildman–Crippen MR) is 133 cm³/mol. The van der Waals surface area contributed by atoms with E-state index in [0.29, 0.717) is 5.69 Å². The van der Waals surface area contributed by atoms with Crippen molar-refractivity contribution in [3.05, 3.63) is 55.0 Å². The number of anilines is 5. The van der Waals surface area contributed by atoms with Crippen molar-refractivity contribution in [3.8, 4) is 5.75 Å². The van der Waals surface area contributed by atoms with E-state index in [1.165, 1.54) is 5.69 Å². The lowest BCUT2D eigenvalue weighted by Crippen LogP contribution is -2.48. The van der Waals surface area contributed by atoms with Gasteiger partial charge < -0.3 is 30.1 Å². The number of rotatable bonds is 5. The third kappa shape index (κ3) is 4.44. The first-order valence-corrected chi connectivity index (χ1v) is 11.4. The van der Waals surface area contributed by atoms with Crippen molar-refractivity contribution >= 4 is 28.8 Å². The minimum absolute atomic E-state index is 0.668. The van der Waals surface area contributed by atoms with Crippen molar-refractivity contribution in [1.29, 1.82) is 0 Å². The topological polar surface area (TPSA) is 86.9 Å². The highest BCUT2D eigenvalue weighted by Crippen LogP contribution is 2.31. The van der Waals surface area contributed by atoms with Crippen LogP contribution in [-0.2, 0) is 0 Å². The van der Waals surface area contributed by atoms with Crippen LogP contribution in [0.1, 0.15) is 0 Å². The maximum atomic E-state index is 6.61. The van der Waals surface area contributed by atoms with Crippen molar-refractivity contribution in [3.63, 3.8) is 0 Å². The van der Waals surface area contributed by atoms with Crippen LogP contribution in [0.4, 0.5) is 28.8 Å². The molecule has 0 spiro atoms. The number of methoxy groups -OCH3 is 1. The molecule has 0 atom stereocenters. The Kier molecular flexibility index (Phi) is 6.01. The highest BCUT2D eigenvalue weighted by Gasteiger charge is 2.25. The Bertz CT molecular complexity index is 1050. The maximum Gasteiger partial charge on any atom is 0.157 e. The van der Waals surface area contributed by atoms with Crippen LogP contribution in [0.15, 0.2) is 55.0 Å². The molecule has 2 aliphatic rings. The summed E-state index contributed by atoms with van der Waals surface area (Å²) in [6, 6.07) is 14.2. The molecule has 0 unspecified atom stereocenters. The quantitative estimate of drug-likeness (QED) is 0.633. The summed E-state index contributed by atoms with van der Waals surface area (Å²) in [4.78, 5) is 22.8. The van der Waals surface area contributed by atoms with E-state index >= 15 is 0 Å². The van der Waals surface area contributed by atoms with Crippen molar-refractivity contribution in [2.75, 3.05) is 84.8 Å². The van der Waals surface area contributed by atoms with Gasteiger partial charge in [-0.1, -0.05) is 6.07 Å². The van der Waals surface area contributed by atoms with Gasteiger partial charge >= 0.3 is 0 Å². The number of benzene rings is 1. The Hall–Kier alpha value is -3.75. The van der Waals surface area contributed by atoms with E-state index in [0.717, 1.165) is 75.6 Å². The van der Waals surface area contributed by atoms with Crippen LogP contribution in [0.2, 0.25) is 0 Å². The van der Waals surface area contributed by atoms with Gasteiger partial charge in [0, 0.05) is 64.2 Å². The second-order valence-electron chi connectivity index (χ2n) is 8.27. The first-order valence-electron chi connectivity index (χ1n) is 11.4. The molecule has 0 saturated carbocycles. The molecule has 2 aromatic heterocycles. The van der Waals surface area contributed by atoms with Gasteiger partial charge in [0.1, 0.15) is 23.6 Å². The zero-order valence-electron chi connectivity index (χ0n) is 19.0. The molecular weight excluding hydrogens is 416 g/mol. The molecule has 3 aromatic rings. The lowest BCUT2D eigenvalue weighted by atomic mass is 10.2. The average molecular weight is 447 g/mol. The van der Waals surface area contributed by atoms with Crippen LogP contribution in [0.25, 0.3) is 0 Å². The van der Waals surface area contributed by atoms with Crippen LogP contribution in [-0.4, -0.2) is 74.4 Å². The summed E-state index contributed by atoms with van der Waals surface area (Å²) < 4.78 is 5.27. The SMILES string of the molecule is COc1ccc(N2CCN(c3ncnc(N4CCN(c5ccccn5)CC4)c3N)CC2)cc1. The summed E-state index contributed by atoms with van der Waals surface area (Å²) >= 11 is 0. The average Bonchev–Trinajstić information content (AvgIpc) is 2.90. The minimum Gasteiger partial charge on any atom is -0.497 e. The van der Waals surface area contributed by atoms with E-state index in [1.54, 1.807) is 13.4 Å². The summed E-state index contributed by atoms with van der Waals surface area (Å²) in [7, 11) is 1.69. The van der Waals surface area contributed by atoms with Crippen LogP contribution in [0, 0.1) is 0 Å². The predicted octanol–water partition coefficient (Wildman–Crippen LogP) is 2.12. The zero-order chi connectivity index (χ0) is 22.6. The van der Waals surface area contributed by atoms with Crippen molar-refractivity contribution in [2.24, 2.45) is 0 Å². The summed E-state index contributed by atoms with van der Waals surface area (Å²) in [6.07, 6.45) is 3.48. The highest BCUT2D eigenvalue weighted by molar-refractivity contribution is 5.76. The molecular formula is C24H30N8O. The molecule has 2 fully saturated rings. The molecule has 0 amide bonds. The number of hydrogen-bond acceptors (Lipinski definition) is 9. The molecule has 1 aromatic carbocycles. The van der Waals surface area contributed by atoms with E-state index in [9.17, 15) is 0 Å². The Morgan fingerprint density at radius 2 is 1.27 bits per heavy atom. The molecule has 9 nitrogen and oxygen atoms in total. The monoisotopic (exact) mass is 446 g/mol. The van der Waals surface area contributed by atoms with E-state index in [1.807, 2.05) is 30.5 Å². The summed E-state index contributed by atoms with van der Waals surface area (Å²) in [6.45, 7) is 7.01. The van der Waals surface area contributed by atoms with Gasteiger partial charge in [0.2, 0.25) is 0 Å². The molecule has 172 valence electrons. The number of nitrogen functional groups attached to an aromatic ring is 1. The van der Waals surface area contributed by atoms with E-state index in [2.05, 4.69) is 52.8 Å². The Morgan fingerprint density at radius 3 is 1.82 bits per heavy atom. The molecule has 0 bridgehead atoms. The molecule has 2 saturated heterocycles. The number of ether oxygens (including phenoxy) is 1. The standard InChI is InChI=1S/C24H30N8O/c1-33-20-7-5-19(6-8-20)29-10-14-31(15-11-29)23-22(25)24(28-18-27-23)32-16-12-30(13-17-32)21-4-2-3-9-26-21/h2-9,18H,10-17,25H2,1H3. The Balaban J connectivity index is 1.23. The second-order valence-corrected chi connectivity index (χ2v) is 8.27. The smallest absolute Gasteiger partial charge is 0.157 e. The number of aromatic nitrogens is 3. The minimum atomic E-state index is 0.668. The largest absolute Gasteiger partial charge is 0.497 e. The number of hydrogen-bond donors (Lipinski definition) is 1. The normalized spacial score (nSPS) is 16.8. The number of pyridine rings is 1. The fraction of sp³-hybridized carbons (Fsp3) is 0.375. The number of nitrogens with two attached hydrogens (primary N) is 1. The van der Waals surface area contributed by atoms with Gasteiger partial charge in [-0.3, -0.25) is 0 Å². The molecule has 2 aliphatic heterocycles. The summed E-state index contributed by atoms with van der Waals surface area (Å²) in [5.41, 5.74) is 8.48. The lowest BCUT2D eigenvalue weighted by molar-refractivity contribution is 0.415. The summed E-state index contributed by atoms with van der Waals surface area (Å²) in [5.74, 6) is 3.56. The van der Waals surface area contributed by atoms with E-state index in [4.69, 9.17) is 10.5 Å². The zero-order valence-corrected chi connectivity index (χ0v) is 19.0. The molecule has 0 radical (unpaired) electrons. The Morgan fingerprint density at radius 1 is 0.697 bits per heavy atom. The van der Waals surface area contributed by atoms with Crippen molar-refractivity contribution in [2.45, 2.75) is 0 Å². The molecule has 5 rings (SSSR count). The van der Waals surface area contributed by atoms with E-state index < -0.39 is 0 Å². The fourth-order valence-corrected chi connectivity index (χ4v) is 4.54. The second kappa shape index (κ2) is 9.40. The molecule has 4 heterocycles. The first-order chi connectivity index (χ1) is 16.2. The van der Waals surface area contributed by atoms with Gasteiger partial charge in [0.15, 0.2) is 11.6 Å². The number of nitrogens with zero attached hydrogens (tertiary/aromatic N) is 7. The van der Waals surface area contributed by atoms with Crippen molar-refractivity contribution < 1.29 is 4.74 Å². The van der Waals surface area contributed by atoms with Crippen LogP contribution >= 0.6 is 0 Å². The third-order valence-corrected chi connectivity index (χ3v) is 6.41.